The highest BCUT2D eigenvalue weighted by Gasteiger charge is 2.41. The maximum absolute atomic E-state index is 11.2. The Morgan fingerprint density at radius 2 is 1.29 bits per heavy atom. The summed E-state index contributed by atoms with van der Waals surface area (Å²) in [6, 6.07) is 19.7. The Morgan fingerprint density at radius 1 is 0.750 bits per heavy atom. The van der Waals surface area contributed by atoms with Crippen molar-refractivity contribution in [2.75, 3.05) is 5.73 Å². The van der Waals surface area contributed by atoms with Crippen LogP contribution in [0.4, 0.5) is 11.4 Å². The number of benzene rings is 3. The largest absolute Gasteiger partial charge is 0.399 e. The molecule has 3 aliphatic rings. The average molecular weight is 314 g/mol. The Bertz CT molecular complexity index is 1030. The minimum atomic E-state index is -0.325. The first-order valence-corrected chi connectivity index (χ1v) is 7.91. The molecule has 4 heteroatoms. The number of nitro groups is 1. The SMILES string of the molecule is Nc1ccc2c(c1)C1c3ccccc3C2c2ccc([N+](=O)[O-])cc21. The topological polar surface area (TPSA) is 69.2 Å². The van der Waals surface area contributed by atoms with Crippen molar-refractivity contribution in [3.8, 4) is 0 Å². The molecule has 0 saturated carbocycles. The lowest BCUT2D eigenvalue weighted by atomic mass is 9.61. The van der Waals surface area contributed by atoms with E-state index in [9.17, 15) is 10.1 Å². The summed E-state index contributed by atoms with van der Waals surface area (Å²) in [6.07, 6.45) is 0. The first kappa shape index (κ1) is 13.3. The molecule has 2 N–H and O–H groups in total. The fourth-order valence-corrected chi connectivity index (χ4v) is 4.34. The van der Waals surface area contributed by atoms with Crippen molar-refractivity contribution in [3.63, 3.8) is 0 Å². The standard InChI is InChI=1S/C20H14N2O2/c21-11-5-7-15-17(9-11)20-14-4-2-1-3-13(14)19(15)16-8-6-12(22(23)24)10-18(16)20/h1-10,19-20H,21H2. The molecule has 0 radical (unpaired) electrons. The van der Waals surface area contributed by atoms with Gasteiger partial charge in [-0.2, -0.15) is 0 Å². The number of rotatable bonds is 1. The Kier molecular flexibility index (Phi) is 2.47. The molecule has 24 heavy (non-hydrogen) atoms. The Morgan fingerprint density at radius 3 is 1.96 bits per heavy atom. The number of anilines is 1. The molecule has 0 amide bonds. The number of nitrogens with two attached hydrogens (primary N) is 1. The van der Waals surface area contributed by atoms with Crippen LogP contribution in [0, 0.1) is 10.1 Å². The van der Waals surface area contributed by atoms with E-state index in [0.29, 0.717) is 0 Å². The van der Waals surface area contributed by atoms with Gasteiger partial charge in [0.2, 0.25) is 0 Å². The van der Waals surface area contributed by atoms with E-state index in [4.69, 9.17) is 5.73 Å². The van der Waals surface area contributed by atoms with E-state index >= 15 is 0 Å². The van der Waals surface area contributed by atoms with Crippen LogP contribution in [0.25, 0.3) is 0 Å². The van der Waals surface area contributed by atoms with Crippen LogP contribution < -0.4 is 5.73 Å². The van der Waals surface area contributed by atoms with E-state index in [1.54, 1.807) is 12.1 Å². The fraction of sp³-hybridized carbons (Fsp3) is 0.100. The summed E-state index contributed by atoms with van der Waals surface area (Å²) in [7, 11) is 0. The highest BCUT2D eigenvalue weighted by molar-refractivity contribution is 5.70. The molecule has 2 bridgehead atoms. The van der Waals surface area contributed by atoms with Crippen LogP contribution in [-0.4, -0.2) is 4.92 Å². The molecule has 6 rings (SSSR count). The van der Waals surface area contributed by atoms with E-state index in [2.05, 4.69) is 24.3 Å². The summed E-state index contributed by atoms with van der Waals surface area (Å²) in [5, 5.41) is 11.2. The Labute approximate surface area is 138 Å². The van der Waals surface area contributed by atoms with Crippen molar-refractivity contribution >= 4 is 11.4 Å². The van der Waals surface area contributed by atoms with Crippen molar-refractivity contribution in [2.45, 2.75) is 11.8 Å². The van der Waals surface area contributed by atoms with Gasteiger partial charge >= 0.3 is 0 Å². The van der Waals surface area contributed by atoms with E-state index in [0.717, 1.165) is 11.3 Å². The van der Waals surface area contributed by atoms with Gasteiger partial charge in [0.15, 0.2) is 0 Å². The minimum Gasteiger partial charge on any atom is -0.399 e. The third-order valence-electron chi connectivity index (χ3n) is 5.25. The van der Waals surface area contributed by atoms with Gasteiger partial charge in [-0.15, -0.1) is 0 Å². The van der Waals surface area contributed by atoms with Gasteiger partial charge in [-0.3, -0.25) is 10.1 Å². The quantitative estimate of drug-likeness (QED) is 0.287. The van der Waals surface area contributed by atoms with Crippen molar-refractivity contribution in [2.24, 2.45) is 0 Å². The van der Waals surface area contributed by atoms with Crippen LogP contribution in [0.2, 0.25) is 0 Å². The summed E-state index contributed by atoms with van der Waals surface area (Å²) in [4.78, 5) is 10.9. The molecule has 4 nitrogen and oxygen atoms in total. The monoisotopic (exact) mass is 314 g/mol. The molecule has 0 spiro atoms. The lowest BCUT2D eigenvalue weighted by Gasteiger charge is -2.42. The zero-order valence-corrected chi connectivity index (χ0v) is 12.8. The highest BCUT2D eigenvalue weighted by atomic mass is 16.6. The lowest BCUT2D eigenvalue weighted by molar-refractivity contribution is -0.384. The van der Waals surface area contributed by atoms with E-state index in [-0.39, 0.29) is 22.4 Å². The Balaban J connectivity index is 1.86. The number of nitrogens with zero attached hydrogens (tertiary/aromatic N) is 1. The van der Waals surface area contributed by atoms with Gasteiger partial charge in [-0.1, -0.05) is 36.4 Å². The summed E-state index contributed by atoms with van der Waals surface area (Å²) in [5.74, 6) is 0.136. The number of hydrogen-bond acceptors (Lipinski definition) is 3. The molecule has 0 aliphatic heterocycles. The summed E-state index contributed by atoms with van der Waals surface area (Å²) < 4.78 is 0. The van der Waals surface area contributed by atoms with Gasteiger partial charge in [0, 0.05) is 29.7 Å². The predicted molar refractivity (Wildman–Crippen MR) is 92.3 cm³/mol. The molecule has 0 heterocycles. The maximum atomic E-state index is 11.2. The molecule has 3 aliphatic carbocycles. The van der Waals surface area contributed by atoms with E-state index in [1.807, 2.05) is 24.3 Å². The normalized spacial score (nSPS) is 19.3. The summed E-state index contributed by atoms with van der Waals surface area (Å²) >= 11 is 0. The second-order valence-electron chi connectivity index (χ2n) is 6.45. The number of nitrogen functional groups attached to an aromatic ring is 1. The van der Waals surface area contributed by atoms with Gasteiger partial charge in [0.1, 0.15) is 0 Å². The van der Waals surface area contributed by atoms with Crippen molar-refractivity contribution in [1.29, 1.82) is 0 Å². The second kappa shape index (κ2) is 4.45. The van der Waals surface area contributed by atoms with Crippen molar-refractivity contribution in [1.82, 2.24) is 0 Å². The lowest BCUT2D eigenvalue weighted by Crippen LogP contribution is -2.27. The molecule has 0 saturated heterocycles. The van der Waals surface area contributed by atoms with Gasteiger partial charge in [-0.05, 0) is 45.5 Å². The number of nitro benzene ring substituents is 1. The summed E-state index contributed by atoms with van der Waals surface area (Å²) in [6.45, 7) is 0. The Hall–Kier alpha value is -3.14. The van der Waals surface area contributed by atoms with Crippen molar-refractivity contribution in [3.05, 3.63) is 104 Å². The summed E-state index contributed by atoms with van der Waals surface area (Å²) in [5.41, 5.74) is 14.0. The maximum Gasteiger partial charge on any atom is 0.269 e. The van der Waals surface area contributed by atoms with E-state index < -0.39 is 0 Å². The van der Waals surface area contributed by atoms with Crippen LogP contribution >= 0.6 is 0 Å². The fourth-order valence-electron chi connectivity index (χ4n) is 4.34. The van der Waals surface area contributed by atoms with Gasteiger partial charge in [-0.25, -0.2) is 0 Å². The van der Waals surface area contributed by atoms with Crippen LogP contribution in [0.15, 0.2) is 60.7 Å². The first-order chi connectivity index (χ1) is 11.6. The van der Waals surface area contributed by atoms with Gasteiger partial charge in [0.25, 0.3) is 5.69 Å². The van der Waals surface area contributed by atoms with Crippen LogP contribution in [-0.2, 0) is 0 Å². The predicted octanol–water partition coefficient (Wildman–Crippen LogP) is 4.16. The molecule has 2 unspecified atom stereocenters. The zero-order chi connectivity index (χ0) is 16.4. The molecule has 3 aromatic rings. The van der Waals surface area contributed by atoms with E-state index in [1.165, 1.54) is 27.8 Å². The van der Waals surface area contributed by atoms with Gasteiger partial charge in [0.05, 0.1) is 4.92 Å². The molecular formula is C20H14N2O2. The smallest absolute Gasteiger partial charge is 0.269 e. The number of non-ortho nitro benzene ring substituents is 1. The van der Waals surface area contributed by atoms with Crippen LogP contribution in [0.5, 0.6) is 0 Å². The molecule has 2 atom stereocenters. The average Bonchev–Trinajstić information content (AvgIpc) is 2.60. The second-order valence-corrected chi connectivity index (χ2v) is 6.45. The zero-order valence-electron chi connectivity index (χ0n) is 12.8. The van der Waals surface area contributed by atoms with Crippen molar-refractivity contribution < 1.29 is 4.92 Å². The van der Waals surface area contributed by atoms with Crippen LogP contribution in [0.1, 0.15) is 45.2 Å². The first-order valence-electron chi connectivity index (χ1n) is 7.91. The molecule has 116 valence electrons. The highest BCUT2D eigenvalue weighted by Crippen LogP contribution is 2.56. The molecule has 3 aromatic carbocycles. The molecule has 0 fully saturated rings. The van der Waals surface area contributed by atoms with Gasteiger partial charge < -0.3 is 5.73 Å². The third kappa shape index (κ3) is 1.57. The van der Waals surface area contributed by atoms with Crippen LogP contribution in [0.3, 0.4) is 0 Å². The molecular weight excluding hydrogens is 300 g/mol. The third-order valence-corrected chi connectivity index (χ3v) is 5.25. The number of hydrogen-bond donors (Lipinski definition) is 1. The molecule has 0 aromatic heterocycles. The minimum absolute atomic E-state index is 0.0135.